The summed E-state index contributed by atoms with van der Waals surface area (Å²) in [5, 5.41) is 9.57. The van der Waals surface area contributed by atoms with Gasteiger partial charge in [-0.05, 0) is 24.6 Å². The van der Waals surface area contributed by atoms with Crippen molar-refractivity contribution < 1.29 is 4.39 Å². The summed E-state index contributed by atoms with van der Waals surface area (Å²) in [6.45, 7) is 2.46. The number of hydrogen-bond acceptors (Lipinski definition) is 2. The van der Waals surface area contributed by atoms with E-state index in [9.17, 15) is 9.18 Å². The van der Waals surface area contributed by atoms with Crippen LogP contribution in [0.2, 0.25) is 0 Å². The molecule has 0 aliphatic rings. The zero-order valence-electron chi connectivity index (χ0n) is 9.40. The quantitative estimate of drug-likeness (QED) is 0.795. The van der Waals surface area contributed by atoms with Gasteiger partial charge < -0.3 is 4.57 Å². The van der Waals surface area contributed by atoms with Crippen LogP contribution < -0.4 is 5.56 Å². The minimum Gasteiger partial charge on any atom is -0.308 e. The van der Waals surface area contributed by atoms with Crippen molar-refractivity contribution in [1.82, 2.24) is 4.57 Å². The van der Waals surface area contributed by atoms with Gasteiger partial charge in [0.1, 0.15) is 11.9 Å². The van der Waals surface area contributed by atoms with Gasteiger partial charge in [0.05, 0.1) is 11.1 Å². The first-order valence-electron chi connectivity index (χ1n) is 5.40. The summed E-state index contributed by atoms with van der Waals surface area (Å²) >= 11 is 0. The van der Waals surface area contributed by atoms with Gasteiger partial charge in [0.2, 0.25) is 0 Å². The smallest absolute Gasteiger partial charge is 0.252 e. The molecule has 0 unspecified atom stereocenters. The number of aromatic nitrogens is 1. The summed E-state index contributed by atoms with van der Waals surface area (Å²) in [5.74, 6) is -0.406. The number of pyridine rings is 1. The van der Waals surface area contributed by atoms with Crippen LogP contribution in [0.25, 0.3) is 10.9 Å². The van der Waals surface area contributed by atoms with E-state index in [0.717, 1.165) is 6.42 Å². The van der Waals surface area contributed by atoms with Crippen molar-refractivity contribution in [3.05, 3.63) is 46.0 Å². The van der Waals surface area contributed by atoms with Crippen LogP contribution in [0.15, 0.2) is 29.1 Å². The van der Waals surface area contributed by atoms with E-state index in [4.69, 9.17) is 5.26 Å². The molecule has 86 valence electrons. The Morgan fingerprint density at radius 3 is 2.82 bits per heavy atom. The molecule has 0 saturated heterocycles. The molecule has 0 aliphatic heterocycles. The maximum Gasteiger partial charge on any atom is 0.252 e. The molecule has 0 N–H and O–H groups in total. The molecule has 0 fully saturated rings. The van der Waals surface area contributed by atoms with Gasteiger partial charge in [-0.25, -0.2) is 4.39 Å². The summed E-state index contributed by atoms with van der Waals surface area (Å²) in [6, 6.07) is 7.40. The molecule has 1 aromatic heterocycles. The number of benzene rings is 1. The third-order valence-electron chi connectivity index (χ3n) is 2.64. The van der Waals surface area contributed by atoms with E-state index in [-0.39, 0.29) is 11.1 Å². The van der Waals surface area contributed by atoms with Crippen LogP contribution >= 0.6 is 0 Å². The number of nitrogens with zero attached hydrogens (tertiary/aromatic N) is 2. The van der Waals surface area contributed by atoms with Crippen LogP contribution in [-0.4, -0.2) is 4.57 Å². The lowest BCUT2D eigenvalue weighted by molar-refractivity contribution is 0.624. The van der Waals surface area contributed by atoms with E-state index < -0.39 is 5.82 Å². The van der Waals surface area contributed by atoms with Gasteiger partial charge in [0.25, 0.3) is 5.56 Å². The Balaban J connectivity index is 2.91. The zero-order chi connectivity index (χ0) is 12.4. The number of halogens is 1. The summed E-state index contributed by atoms with van der Waals surface area (Å²) in [4.78, 5) is 11.8. The second-order valence-corrected chi connectivity index (χ2v) is 3.82. The highest BCUT2D eigenvalue weighted by Gasteiger charge is 2.08. The molecule has 0 amide bonds. The van der Waals surface area contributed by atoms with E-state index >= 15 is 0 Å². The van der Waals surface area contributed by atoms with Gasteiger partial charge in [-0.1, -0.05) is 6.92 Å². The van der Waals surface area contributed by atoms with Crippen molar-refractivity contribution in [2.45, 2.75) is 19.9 Å². The molecule has 0 bridgehead atoms. The Bertz CT molecular complexity index is 667. The van der Waals surface area contributed by atoms with Crippen molar-refractivity contribution in [3.8, 4) is 6.07 Å². The summed E-state index contributed by atoms with van der Waals surface area (Å²) in [5.41, 5.74) is 0.509. The molecule has 0 radical (unpaired) electrons. The molecule has 0 saturated carbocycles. The maximum absolute atomic E-state index is 13.2. The fourth-order valence-corrected chi connectivity index (χ4v) is 1.90. The first kappa shape index (κ1) is 11.3. The Kier molecular flexibility index (Phi) is 2.92. The van der Waals surface area contributed by atoms with E-state index in [1.54, 1.807) is 0 Å². The maximum atomic E-state index is 13.2. The molecule has 0 aliphatic carbocycles. The average molecular weight is 230 g/mol. The molecule has 1 aromatic carbocycles. The first-order chi connectivity index (χ1) is 8.17. The highest BCUT2D eigenvalue weighted by molar-refractivity contribution is 5.84. The lowest BCUT2D eigenvalue weighted by atomic mass is 10.1. The summed E-state index contributed by atoms with van der Waals surface area (Å²) in [6.07, 6.45) is 0.775. The Morgan fingerprint density at radius 2 is 2.18 bits per heavy atom. The van der Waals surface area contributed by atoms with Crippen molar-refractivity contribution in [3.63, 3.8) is 0 Å². The standard InChI is InChI=1S/C13H11FN2O/c1-2-5-16-12-7-10(14)3-4-11(12)9(8-15)6-13(16)17/h3-4,6-7H,2,5H2,1H3. The monoisotopic (exact) mass is 230 g/mol. The number of hydrogen-bond donors (Lipinski definition) is 0. The number of rotatable bonds is 2. The molecule has 0 atom stereocenters. The van der Waals surface area contributed by atoms with Crippen LogP contribution in [0.3, 0.4) is 0 Å². The van der Waals surface area contributed by atoms with E-state index in [1.807, 2.05) is 13.0 Å². The Morgan fingerprint density at radius 1 is 1.41 bits per heavy atom. The second kappa shape index (κ2) is 4.38. The molecule has 3 nitrogen and oxygen atoms in total. The third kappa shape index (κ3) is 1.92. The predicted molar refractivity (Wildman–Crippen MR) is 63.2 cm³/mol. The average Bonchev–Trinajstić information content (AvgIpc) is 2.32. The molecule has 2 rings (SSSR count). The van der Waals surface area contributed by atoms with Gasteiger partial charge in [-0.2, -0.15) is 5.26 Å². The van der Waals surface area contributed by atoms with Crippen molar-refractivity contribution in [2.24, 2.45) is 0 Å². The normalized spacial score (nSPS) is 10.4. The van der Waals surface area contributed by atoms with Crippen molar-refractivity contribution >= 4 is 10.9 Å². The van der Waals surface area contributed by atoms with E-state index in [0.29, 0.717) is 17.4 Å². The highest BCUT2D eigenvalue weighted by Crippen LogP contribution is 2.18. The molecular weight excluding hydrogens is 219 g/mol. The van der Waals surface area contributed by atoms with Crippen LogP contribution in [0, 0.1) is 17.1 Å². The zero-order valence-corrected chi connectivity index (χ0v) is 9.40. The van der Waals surface area contributed by atoms with Gasteiger partial charge in [0, 0.05) is 18.0 Å². The third-order valence-corrected chi connectivity index (χ3v) is 2.64. The fourth-order valence-electron chi connectivity index (χ4n) is 1.90. The first-order valence-corrected chi connectivity index (χ1v) is 5.40. The van der Waals surface area contributed by atoms with Gasteiger partial charge in [-0.15, -0.1) is 0 Å². The van der Waals surface area contributed by atoms with Crippen LogP contribution in [0.5, 0.6) is 0 Å². The van der Waals surface area contributed by atoms with E-state index in [2.05, 4.69) is 0 Å². The Labute approximate surface area is 97.7 Å². The number of aryl methyl sites for hydroxylation is 1. The van der Waals surface area contributed by atoms with Gasteiger partial charge >= 0.3 is 0 Å². The van der Waals surface area contributed by atoms with Crippen LogP contribution in [0.1, 0.15) is 18.9 Å². The number of nitriles is 1. The Hall–Kier alpha value is -2.15. The summed E-state index contributed by atoms with van der Waals surface area (Å²) < 4.78 is 14.7. The second-order valence-electron chi connectivity index (χ2n) is 3.82. The summed E-state index contributed by atoms with van der Waals surface area (Å²) in [7, 11) is 0. The fraction of sp³-hybridized carbons (Fsp3) is 0.231. The minimum atomic E-state index is -0.406. The van der Waals surface area contributed by atoms with Crippen LogP contribution in [-0.2, 0) is 6.54 Å². The van der Waals surface area contributed by atoms with Crippen LogP contribution in [0.4, 0.5) is 4.39 Å². The molecule has 1 heterocycles. The largest absolute Gasteiger partial charge is 0.308 e. The molecule has 2 aromatic rings. The van der Waals surface area contributed by atoms with Crippen molar-refractivity contribution in [2.75, 3.05) is 0 Å². The molecular formula is C13H11FN2O. The lowest BCUT2D eigenvalue weighted by Crippen LogP contribution is -2.20. The molecule has 4 heteroatoms. The SMILES string of the molecule is CCCn1c(=O)cc(C#N)c2ccc(F)cc21. The molecule has 0 spiro atoms. The van der Waals surface area contributed by atoms with Gasteiger partial charge in [-0.3, -0.25) is 4.79 Å². The topological polar surface area (TPSA) is 45.8 Å². The number of fused-ring (bicyclic) bond motifs is 1. The lowest BCUT2D eigenvalue weighted by Gasteiger charge is -2.09. The van der Waals surface area contributed by atoms with Crippen molar-refractivity contribution in [1.29, 1.82) is 5.26 Å². The molecule has 17 heavy (non-hydrogen) atoms. The highest BCUT2D eigenvalue weighted by atomic mass is 19.1. The van der Waals surface area contributed by atoms with Gasteiger partial charge in [0.15, 0.2) is 0 Å². The predicted octanol–water partition coefficient (Wildman–Crippen LogP) is 2.42. The minimum absolute atomic E-state index is 0.262. The van der Waals surface area contributed by atoms with E-state index in [1.165, 1.54) is 28.8 Å².